The minimum atomic E-state index is -0.471. The van der Waals surface area contributed by atoms with Crippen molar-refractivity contribution in [2.24, 2.45) is 0 Å². The predicted octanol–water partition coefficient (Wildman–Crippen LogP) is 2.41. The Morgan fingerprint density at radius 2 is 1.95 bits per heavy atom. The number of nitrogens with zero attached hydrogens (tertiary/aromatic N) is 1. The second-order valence-electron chi connectivity index (χ2n) is 4.20. The molecule has 5 nitrogen and oxygen atoms in total. The summed E-state index contributed by atoms with van der Waals surface area (Å²) in [7, 11) is 1.30. The molecular formula is C14H19ClN2O3. The molecule has 0 saturated heterocycles. The van der Waals surface area contributed by atoms with Crippen LogP contribution in [-0.4, -0.2) is 43.5 Å². The fourth-order valence-electron chi connectivity index (χ4n) is 1.71. The minimum absolute atomic E-state index is 0.169. The zero-order valence-electron chi connectivity index (χ0n) is 11.9. The lowest BCUT2D eigenvalue weighted by atomic mass is 10.2. The Morgan fingerprint density at radius 1 is 1.30 bits per heavy atom. The number of ether oxygens (including phenoxy) is 1. The van der Waals surface area contributed by atoms with Gasteiger partial charge in [0, 0.05) is 0 Å². The van der Waals surface area contributed by atoms with Crippen LogP contribution in [0.2, 0.25) is 5.02 Å². The molecule has 6 heteroatoms. The fourth-order valence-corrected chi connectivity index (χ4v) is 1.87. The average Bonchev–Trinajstić information content (AvgIpc) is 2.46. The van der Waals surface area contributed by atoms with Crippen molar-refractivity contribution in [3.63, 3.8) is 0 Å². The van der Waals surface area contributed by atoms with Crippen LogP contribution in [0.15, 0.2) is 18.2 Å². The van der Waals surface area contributed by atoms with Gasteiger partial charge >= 0.3 is 5.97 Å². The lowest BCUT2D eigenvalue weighted by Crippen LogP contribution is -2.33. The highest BCUT2D eigenvalue weighted by atomic mass is 35.5. The third kappa shape index (κ3) is 4.51. The zero-order valence-corrected chi connectivity index (χ0v) is 12.7. The Labute approximate surface area is 123 Å². The summed E-state index contributed by atoms with van der Waals surface area (Å²) >= 11 is 6.01. The number of benzene rings is 1. The van der Waals surface area contributed by atoms with Gasteiger partial charge < -0.3 is 10.1 Å². The van der Waals surface area contributed by atoms with Gasteiger partial charge in [0.25, 0.3) is 0 Å². The number of esters is 1. The normalized spacial score (nSPS) is 10.4. The number of carbonyl (C=O) groups is 2. The van der Waals surface area contributed by atoms with Gasteiger partial charge in [0.15, 0.2) is 0 Å². The molecule has 0 heterocycles. The van der Waals surface area contributed by atoms with E-state index in [1.165, 1.54) is 13.2 Å². The SMILES string of the molecule is CCN(CC)CC(=O)Nc1cc(C(=O)OC)ccc1Cl. The van der Waals surface area contributed by atoms with Crippen LogP contribution < -0.4 is 5.32 Å². The molecule has 110 valence electrons. The van der Waals surface area contributed by atoms with Gasteiger partial charge in [-0.05, 0) is 31.3 Å². The Morgan fingerprint density at radius 3 is 2.50 bits per heavy atom. The molecule has 1 rings (SSSR count). The highest BCUT2D eigenvalue weighted by Crippen LogP contribution is 2.23. The lowest BCUT2D eigenvalue weighted by Gasteiger charge is -2.17. The summed E-state index contributed by atoms with van der Waals surface area (Å²) < 4.78 is 4.63. The maximum atomic E-state index is 11.9. The van der Waals surface area contributed by atoms with Gasteiger partial charge in [-0.3, -0.25) is 9.69 Å². The molecule has 0 saturated carbocycles. The molecule has 0 bridgehead atoms. The summed E-state index contributed by atoms with van der Waals surface area (Å²) in [6.45, 7) is 5.84. The first-order chi connectivity index (χ1) is 9.51. The van der Waals surface area contributed by atoms with Crippen molar-refractivity contribution in [3.8, 4) is 0 Å². The van der Waals surface area contributed by atoms with E-state index in [4.69, 9.17) is 11.6 Å². The summed E-state index contributed by atoms with van der Waals surface area (Å²) in [5, 5.41) is 3.09. The molecule has 20 heavy (non-hydrogen) atoms. The third-order valence-corrected chi connectivity index (χ3v) is 3.25. The summed E-state index contributed by atoms with van der Waals surface area (Å²) in [5.74, 6) is -0.640. The van der Waals surface area contributed by atoms with E-state index in [0.29, 0.717) is 16.3 Å². The summed E-state index contributed by atoms with van der Waals surface area (Å²) in [5.41, 5.74) is 0.752. The molecule has 1 aromatic rings. The van der Waals surface area contributed by atoms with Gasteiger partial charge in [-0.2, -0.15) is 0 Å². The Kier molecular flexibility index (Phi) is 6.48. The number of carbonyl (C=O) groups excluding carboxylic acids is 2. The van der Waals surface area contributed by atoms with Crippen molar-refractivity contribution in [2.75, 3.05) is 32.1 Å². The van der Waals surface area contributed by atoms with Crippen LogP contribution in [0.1, 0.15) is 24.2 Å². The molecule has 0 spiro atoms. The smallest absolute Gasteiger partial charge is 0.337 e. The van der Waals surface area contributed by atoms with Gasteiger partial charge in [-0.1, -0.05) is 25.4 Å². The number of likely N-dealkylation sites (N-methyl/N-ethyl adjacent to an activating group) is 1. The minimum Gasteiger partial charge on any atom is -0.465 e. The molecule has 0 aliphatic rings. The number of anilines is 1. The largest absolute Gasteiger partial charge is 0.465 e. The number of nitrogens with one attached hydrogen (secondary N) is 1. The van der Waals surface area contributed by atoms with Crippen LogP contribution >= 0.6 is 11.6 Å². The van der Waals surface area contributed by atoms with Crippen molar-refractivity contribution in [1.82, 2.24) is 4.90 Å². The maximum absolute atomic E-state index is 11.9. The monoisotopic (exact) mass is 298 g/mol. The van der Waals surface area contributed by atoms with Crippen molar-refractivity contribution in [3.05, 3.63) is 28.8 Å². The average molecular weight is 299 g/mol. The van der Waals surface area contributed by atoms with Gasteiger partial charge in [0.05, 0.1) is 29.9 Å². The first-order valence-corrected chi connectivity index (χ1v) is 6.79. The Bertz CT molecular complexity index is 487. The number of halogens is 1. The molecule has 0 radical (unpaired) electrons. The van der Waals surface area contributed by atoms with Crippen LogP contribution in [0, 0.1) is 0 Å². The number of methoxy groups -OCH3 is 1. The van der Waals surface area contributed by atoms with E-state index in [-0.39, 0.29) is 12.5 Å². The molecule has 0 fully saturated rings. The standard InChI is InChI=1S/C14H19ClN2O3/c1-4-17(5-2)9-13(18)16-12-8-10(14(19)20-3)6-7-11(12)15/h6-8H,4-5,9H2,1-3H3,(H,16,18). The molecule has 0 aromatic heterocycles. The van der Waals surface area contributed by atoms with Gasteiger partial charge in [0.1, 0.15) is 0 Å². The quantitative estimate of drug-likeness (QED) is 0.819. The van der Waals surface area contributed by atoms with Crippen molar-refractivity contribution < 1.29 is 14.3 Å². The number of amides is 1. The van der Waals surface area contributed by atoms with E-state index in [0.717, 1.165) is 13.1 Å². The number of rotatable bonds is 6. The summed E-state index contributed by atoms with van der Waals surface area (Å²) in [4.78, 5) is 25.3. The number of hydrogen-bond donors (Lipinski definition) is 1. The van der Waals surface area contributed by atoms with Crippen LogP contribution in [0.25, 0.3) is 0 Å². The highest BCUT2D eigenvalue weighted by Gasteiger charge is 2.12. The molecule has 1 aromatic carbocycles. The van der Waals surface area contributed by atoms with Crippen LogP contribution in [0.5, 0.6) is 0 Å². The Hall–Kier alpha value is -1.59. The molecular weight excluding hydrogens is 280 g/mol. The summed E-state index contributed by atoms with van der Waals surface area (Å²) in [6, 6.07) is 4.61. The topological polar surface area (TPSA) is 58.6 Å². The van der Waals surface area contributed by atoms with Crippen molar-refractivity contribution in [2.45, 2.75) is 13.8 Å². The first-order valence-electron chi connectivity index (χ1n) is 6.41. The van der Waals surface area contributed by atoms with E-state index >= 15 is 0 Å². The zero-order chi connectivity index (χ0) is 15.1. The van der Waals surface area contributed by atoms with Gasteiger partial charge in [0.2, 0.25) is 5.91 Å². The van der Waals surface area contributed by atoms with Gasteiger partial charge in [-0.25, -0.2) is 4.79 Å². The molecule has 0 aliphatic carbocycles. The van der Waals surface area contributed by atoms with E-state index in [9.17, 15) is 9.59 Å². The van der Waals surface area contributed by atoms with Crippen LogP contribution in [0.3, 0.4) is 0 Å². The second-order valence-corrected chi connectivity index (χ2v) is 4.60. The van der Waals surface area contributed by atoms with E-state index < -0.39 is 5.97 Å². The molecule has 0 unspecified atom stereocenters. The third-order valence-electron chi connectivity index (χ3n) is 2.92. The van der Waals surface area contributed by atoms with Gasteiger partial charge in [-0.15, -0.1) is 0 Å². The van der Waals surface area contributed by atoms with Crippen molar-refractivity contribution in [1.29, 1.82) is 0 Å². The fraction of sp³-hybridized carbons (Fsp3) is 0.429. The van der Waals surface area contributed by atoms with Crippen LogP contribution in [-0.2, 0) is 9.53 Å². The van der Waals surface area contributed by atoms with E-state index in [2.05, 4.69) is 10.1 Å². The molecule has 1 N–H and O–H groups in total. The van der Waals surface area contributed by atoms with Crippen molar-refractivity contribution >= 4 is 29.2 Å². The lowest BCUT2D eigenvalue weighted by molar-refractivity contribution is -0.117. The maximum Gasteiger partial charge on any atom is 0.337 e. The van der Waals surface area contributed by atoms with E-state index in [1.807, 2.05) is 18.7 Å². The Balaban J connectivity index is 2.81. The number of hydrogen-bond acceptors (Lipinski definition) is 4. The molecule has 1 amide bonds. The summed E-state index contributed by atoms with van der Waals surface area (Å²) in [6.07, 6.45) is 0. The molecule has 0 atom stereocenters. The highest BCUT2D eigenvalue weighted by molar-refractivity contribution is 6.33. The second kappa shape index (κ2) is 7.87. The van der Waals surface area contributed by atoms with E-state index in [1.54, 1.807) is 12.1 Å². The molecule has 0 aliphatic heterocycles. The predicted molar refractivity (Wildman–Crippen MR) is 79.2 cm³/mol. The van der Waals surface area contributed by atoms with Crippen LogP contribution in [0.4, 0.5) is 5.69 Å². The first kappa shape index (κ1) is 16.5.